The first kappa shape index (κ1) is 11.7. The van der Waals surface area contributed by atoms with Crippen molar-refractivity contribution in [2.45, 2.75) is 6.54 Å². The number of anilines is 1. The lowest BCUT2D eigenvalue weighted by atomic mass is 10.2. The number of rotatable bonds is 4. The SMILES string of the molecule is CNCc1nccn1-c1ccc(N(C)C)cc1. The maximum Gasteiger partial charge on any atom is 0.127 e. The zero-order valence-corrected chi connectivity index (χ0v) is 10.5. The van der Waals surface area contributed by atoms with E-state index in [4.69, 9.17) is 0 Å². The Bertz CT molecular complexity index is 470. The molecule has 1 heterocycles. The van der Waals surface area contributed by atoms with E-state index in [1.165, 1.54) is 5.69 Å². The first-order chi connectivity index (χ1) is 8.22. The van der Waals surface area contributed by atoms with E-state index in [-0.39, 0.29) is 0 Å². The van der Waals surface area contributed by atoms with Crippen LogP contribution in [0.3, 0.4) is 0 Å². The molecule has 0 aliphatic carbocycles. The second kappa shape index (κ2) is 5.01. The molecule has 4 heteroatoms. The molecule has 0 spiro atoms. The molecular formula is C13H18N4. The van der Waals surface area contributed by atoms with Gasteiger partial charge in [-0.2, -0.15) is 0 Å². The fraction of sp³-hybridized carbons (Fsp3) is 0.308. The Morgan fingerprint density at radius 3 is 2.53 bits per heavy atom. The Balaban J connectivity index is 2.30. The molecule has 0 fully saturated rings. The summed E-state index contributed by atoms with van der Waals surface area (Å²) in [4.78, 5) is 6.42. The van der Waals surface area contributed by atoms with E-state index in [1.54, 1.807) is 0 Å². The lowest BCUT2D eigenvalue weighted by molar-refractivity contribution is 0.742. The van der Waals surface area contributed by atoms with Gasteiger partial charge in [0.15, 0.2) is 0 Å². The summed E-state index contributed by atoms with van der Waals surface area (Å²) < 4.78 is 2.09. The van der Waals surface area contributed by atoms with Gasteiger partial charge in [0, 0.05) is 37.9 Å². The van der Waals surface area contributed by atoms with Crippen LogP contribution < -0.4 is 10.2 Å². The monoisotopic (exact) mass is 230 g/mol. The maximum absolute atomic E-state index is 4.33. The summed E-state index contributed by atoms with van der Waals surface area (Å²) in [5.74, 6) is 1.02. The van der Waals surface area contributed by atoms with Crippen molar-refractivity contribution in [3.63, 3.8) is 0 Å². The summed E-state index contributed by atoms with van der Waals surface area (Å²) in [6.07, 6.45) is 3.81. The minimum Gasteiger partial charge on any atom is -0.378 e. The van der Waals surface area contributed by atoms with Crippen LogP contribution in [0.15, 0.2) is 36.7 Å². The highest BCUT2D eigenvalue weighted by Crippen LogP contribution is 2.16. The van der Waals surface area contributed by atoms with E-state index >= 15 is 0 Å². The minimum absolute atomic E-state index is 0.766. The fourth-order valence-electron chi connectivity index (χ4n) is 1.77. The predicted molar refractivity (Wildman–Crippen MR) is 70.7 cm³/mol. The third kappa shape index (κ3) is 2.47. The van der Waals surface area contributed by atoms with Gasteiger partial charge in [-0.15, -0.1) is 0 Å². The molecule has 1 N–H and O–H groups in total. The molecule has 0 radical (unpaired) electrons. The van der Waals surface area contributed by atoms with Crippen molar-refractivity contribution in [2.24, 2.45) is 0 Å². The van der Waals surface area contributed by atoms with Crippen molar-refractivity contribution in [3.05, 3.63) is 42.5 Å². The summed E-state index contributed by atoms with van der Waals surface area (Å²) in [6, 6.07) is 8.43. The molecule has 0 aliphatic rings. The Hall–Kier alpha value is -1.81. The first-order valence-corrected chi connectivity index (χ1v) is 5.67. The van der Waals surface area contributed by atoms with Crippen LogP contribution in [0.2, 0.25) is 0 Å². The highest BCUT2D eigenvalue weighted by molar-refractivity contribution is 5.50. The molecule has 0 amide bonds. The Kier molecular flexibility index (Phi) is 3.44. The summed E-state index contributed by atoms with van der Waals surface area (Å²) in [6.45, 7) is 0.766. The van der Waals surface area contributed by atoms with Gasteiger partial charge in [0.1, 0.15) is 5.82 Å². The van der Waals surface area contributed by atoms with Crippen molar-refractivity contribution in [1.29, 1.82) is 0 Å². The minimum atomic E-state index is 0.766. The summed E-state index contributed by atoms with van der Waals surface area (Å²) in [5, 5.41) is 3.12. The summed E-state index contributed by atoms with van der Waals surface area (Å²) in [5.41, 5.74) is 2.34. The molecule has 4 nitrogen and oxygen atoms in total. The fourth-order valence-corrected chi connectivity index (χ4v) is 1.77. The summed E-state index contributed by atoms with van der Waals surface area (Å²) in [7, 11) is 6.01. The van der Waals surface area contributed by atoms with Gasteiger partial charge in [0.25, 0.3) is 0 Å². The quantitative estimate of drug-likeness (QED) is 0.867. The van der Waals surface area contributed by atoms with Crippen molar-refractivity contribution in [1.82, 2.24) is 14.9 Å². The zero-order chi connectivity index (χ0) is 12.3. The number of hydrogen-bond donors (Lipinski definition) is 1. The van der Waals surface area contributed by atoms with Crippen molar-refractivity contribution in [2.75, 3.05) is 26.0 Å². The van der Waals surface area contributed by atoms with Crippen molar-refractivity contribution >= 4 is 5.69 Å². The molecule has 2 rings (SSSR count). The van der Waals surface area contributed by atoms with Crippen LogP contribution in [0.4, 0.5) is 5.69 Å². The molecule has 1 aromatic heterocycles. The molecule has 0 aliphatic heterocycles. The lowest BCUT2D eigenvalue weighted by Crippen LogP contribution is -2.11. The normalized spacial score (nSPS) is 10.5. The van der Waals surface area contributed by atoms with E-state index in [1.807, 2.05) is 33.5 Å². The van der Waals surface area contributed by atoms with Gasteiger partial charge in [-0.25, -0.2) is 4.98 Å². The third-order valence-electron chi connectivity index (χ3n) is 2.70. The topological polar surface area (TPSA) is 33.1 Å². The van der Waals surface area contributed by atoms with Gasteiger partial charge in [-0.1, -0.05) is 0 Å². The Morgan fingerprint density at radius 1 is 1.24 bits per heavy atom. The van der Waals surface area contributed by atoms with Gasteiger partial charge in [-0.3, -0.25) is 0 Å². The lowest BCUT2D eigenvalue weighted by Gasteiger charge is -2.13. The number of nitrogens with zero attached hydrogens (tertiary/aromatic N) is 3. The first-order valence-electron chi connectivity index (χ1n) is 5.67. The van der Waals surface area contributed by atoms with Crippen LogP contribution >= 0.6 is 0 Å². The second-order valence-electron chi connectivity index (χ2n) is 4.15. The van der Waals surface area contributed by atoms with E-state index in [0.717, 1.165) is 18.1 Å². The molecule has 1 aromatic carbocycles. The van der Waals surface area contributed by atoms with Gasteiger partial charge >= 0.3 is 0 Å². The average molecular weight is 230 g/mol. The molecule has 0 bridgehead atoms. The van der Waals surface area contributed by atoms with Gasteiger partial charge in [-0.05, 0) is 31.3 Å². The van der Waals surface area contributed by atoms with Crippen LogP contribution in [-0.4, -0.2) is 30.7 Å². The molecule has 0 saturated heterocycles. The zero-order valence-electron chi connectivity index (χ0n) is 10.5. The predicted octanol–water partition coefficient (Wildman–Crippen LogP) is 1.66. The van der Waals surface area contributed by atoms with E-state index in [9.17, 15) is 0 Å². The maximum atomic E-state index is 4.33. The second-order valence-corrected chi connectivity index (χ2v) is 4.15. The highest BCUT2D eigenvalue weighted by Gasteiger charge is 2.04. The van der Waals surface area contributed by atoms with E-state index in [2.05, 4.69) is 44.0 Å². The molecule has 2 aromatic rings. The van der Waals surface area contributed by atoms with Crippen molar-refractivity contribution in [3.8, 4) is 5.69 Å². The number of hydrogen-bond acceptors (Lipinski definition) is 3. The average Bonchev–Trinajstić information content (AvgIpc) is 2.78. The Labute approximate surface area is 102 Å². The van der Waals surface area contributed by atoms with Crippen LogP contribution in [0, 0.1) is 0 Å². The van der Waals surface area contributed by atoms with Crippen LogP contribution in [0.25, 0.3) is 5.69 Å². The smallest absolute Gasteiger partial charge is 0.127 e. The van der Waals surface area contributed by atoms with Gasteiger partial charge in [0.05, 0.1) is 6.54 Å². The number of nitrogens with one attached hydrogen (secondary N) is 1. The molecule has 0 unspecified atom stereocenters. The number of imidazole rings is 1. The Morgan fingerprint density at radius 2 is 1.94 bits per heavy atom. The highest BCUT2D eigenvalue weighted by atomic mass is 15.1. The molecule has 17 heavy (non-hydrogen) atoms. The van der Waals surface area contributed by atoms with E-state index < -0.39 is 0 Å². The standard InChI is InChI=1S/C13H18N4/c1-14-10-13-15-8-9-17(13)12-6-4-11(5-7-12)16(2)3/h4-9,14H,10H2,1-3H3. The summed E-state index contributed by atoms with van der Waals surface area (Å²) >= 11 is 0. The molecule has 0 atom stereocenters. The van der Waals surface area contributed by atoms with Gasteiger partial charge < -0.3 is 14.8 Å². The van der Waals surface area contributed by atoms with Crippen molar-refractivity contribution < 1.29 is 0 Å². The van der Waals surface area contributed by atoms with E-state index in [0.29, 0.717) is 0 Å². The van der Waals surface area contributed by atoms with Crippen LogP contribution in [0.5, 0.6) is 0 Å². The number of aromatic nitrogens is 2. The van der Waals surface area contributed by atoms with Crippen LogP contribution in [-0.2, 0) is 6.54 Å². The largest absolute Gasteiger partial charge is 0.378 e. The van der Waals surface area contributed by atoms with Crippen LogP contribution in [0.1, 0.15) is 5.82 Å². The molecule has 0 saturated carbocycles. The third-order valence-corrected chi connectivity index (χ3v) is 2.70. The molecular weight excluding hydrogens is 212 g/mol. The number of benzene rings is 1. The van der Waals surface area contributed by atoms with Gasteiger partial charge in [0.2, 0.25) is 0 Å². The molecule has 90 valence electrons.